The van der Waals surface area contributed by atoms with Gasteiger partial charge in [-0.3, -0.25) is 4.79 Å². The lowest BCUT2D eigenvalue weighted by Crippen LogP contribution is -2.27. The van der Waals surface area contributed by atoms with E-state index in [2.05, 4.69) is 5.32 Å². The average molecular weight is 285 g/mol. The van der Waals surface area contributed by atoms with Gasteiger partial charge in [-0.05, 0) is 51.3 Å². The Morgan fingerprint density at radius 3 is 2.32 bits per heavy atom. The average Bonchev–Trinajstić information content (AvgIpc) is 2.33. The van der Waals surface area contributed by atoms with Crippen molar-refractivity contribution in [2.24, 2.45) is 5.14 Å². The first-order valence-corrected chi connectivity index (χ1v) is 7.41. The van der Waals surface area contributed by atoms with Crippen molar-refractivity contribution in [3.63, 3.8) is 0 Å². The van der Waals surface area contributed by atoms with E-state index in [4.69, 9.17) is 5.14 Å². The SMILES string of the molecule is CN(C)CCCNC(=O)c1ccc(S(N)(=O)=O)cc1. The highest BCUT2D eigenvalue weighted by Crippen LogP contribution is 2.08. The number of amides is 1. The zero-order chi connectivity index (χ0) is 14.5. The molecule has 0 atom stereocenters. The number of nitrogens with one attached hydrogen (secondary N) is 1. The van der Waals surface area contributed by atoms with Gasteiger partial charge in [-0.15, -0.1) is 0 Å². The first-order valence-electron chi connectivity index (χ1n) is 5.86. The predicted molar refractivity (Wildman–Crippen MR) is 73.3 cm³/mol. The molecule has 0 bridgehead atoms. The number of carbonyl (C=O) groups is 1. The molecule has 1 aromatic carbocycles. The lowest BCUT2D eigenvalue weighted by atomic mass is 10.2. The summed E-state index contributed by atoms with van der Waals surface area (Å²) in [5, 5.41) is 7.74. The van der Waals surface area contributed by atoms with Crippen LogP contribution in [0.3, 0.4) is 0 Å². The number of primary sulfonamides is 1. The maximum absolute atomic E-state index is 11.7. The number of rotatable bonds is 6. The highest BCUT2D eigenvalue weighted by molar-refractivity contribution is 7.89. The lowest BCUT2D eigenvalue weighted by molar-refractivity contribution is 0.0952. The van der Waals surface area contributed by atoms with Crippen LogP contribution in [0.15, 0.2) is 29.2 Å². The van der Waals surface area contributed by atoms with Gasteiger partial charge in [0.2, 0.25) is 10.0 Å². The van der Waals surface area contributed by atoms with Gasteiger partial charge < -0.3 is 10.2 Å². The van der Waals surface area contributed by atoms with Gasteiger partial charge in [0.05, 0.1) is 4.90 Å². The Morgan fingerprint density at radius 2 is 1.84 bits per heavy atom. The number of benzene rings is 1. The molecule has 0 saturated carbocycles. The Balaban J connectivity index is 2.54. The molecule has 1 aromatic rings. The third-order valence-electron chi connectivity index (χ3n) is 2.51. The van der Waals surface area contributed by atoms with Crippen molar-refractivity contribution >= 4 is 15.9 Å². The van der Waals surface area contributed by atoms with E-state index in [0.717, 1.165) is 13.0 Å². The zero-order valence-corrected chi connectivity index (χ0v) is 11.9. The molecular formula is C12H19N3O3S. The van der Waals surface area contributed by atoms with Crippen molar-refractivity contribution in [3.05, 3.63) is 29.8 Å². The summed E-state index contributed by atoms with van der Waals surface area (Å²) in [6, 6.07) is 5.54. The second kappa shape index (κ2) is 6.65. The molecule has 0 heterocycles. The molecule has 1 amide bonds. The monoisotopic (exact) mass is 285 g/mol. The van der Waals surface area contributed by atoms with Crippen LogP contribution in [-0.2, 0) is 10.0 Å². The molecule has 0 aliphatic rings. The molecule has 0 aliphatic carbocycles. The van der Waals surface area contributed by atoms with Crippen molar-refractivity contribution < 1.29 is 13.2 Å². The summed E-state index contributed by atoms with van der Waals surface area (Å²) in [7, 11) is 0.219. The van der Waals surface area contributed by atoms with Crippen molar-refractivity contribution in [3.8, 4) is 0 Å². The molecule has 0 aliphatic heterocycles. The Labute approximate surface area is 113 Å². The number of nitrogens with two attached hydrogens (primary N) is 1. The van der Waals surface area contributed by atoms with E-state index in [9.17, 15) is 13.2 Å². The van der Waals surface area contributed by atoms with Crippen LogP contribution in [0.1, 0.15) is 16.8 Å². The fourth-order valence-electron chi connectivity index (χ4n) is 1.50. The van der Waals surface area contributed by atoms with Crippen LogP contribution < -0.4 is 10.5 Å². The molecule has 106 valence electrons. The Bertz CT molecular complexity index is 524. The van der Waals surface area contributed by atoms with Gasteiger partial charge in [-0.1, -0.05) is 0 Å². The minimum absolute atomic E-state index is 0.00309. The minimum Gasteiger partial charge on any atom is -0.352 e. The second-order valence-corrected chi connectivity index (χ2v) is 6.04. The smallest absolute Gasteiger partial charge is 0.251 e. The van der Waals surface area contributed by atoms with Crippen LogP contribution in [0, 0.1) is 0 Å². The third-order valence-corrected chi connectivity index (χ3v) is 3.44. The largest absolute Gasteiger partial charge is 0.352 e. The summed E-state index contributed by atoms with van der Waals surface area (Å²) in [6.07, 6.45) is 0.855. The van der Waals surface area contributed by atoms with Crippen molar-refractivity contribution in [1.82, 2.24) is 10.2 Å². The molecule has 1 rings (SSSR count). The van der Waals surface area contributed by atoms with Gasteiger partial charge in [0, 0.05) is 12.1 Å². The predicted octanol–water partition coefficient (Wildman–Crippen LogP) is 0.0155. The summed E-state index contributed by atoms with van der Waals surface area (Å²) in [6.45, 7) is 1.47. The van der Waals surface area contributed by atoms with E-state index in [1.54, 1.807) is 0 Å². The van der Waals surface area contributed by atoms with Gasteiger partial charge in [-0.2, -0.15) is 0 Å². The van der Waals surface area contributed by atoms with Crippen LogP contribution in [-0.4, -0.2) is 46.4 Å². The lowest BCUT2D eigenvalue weighted by Gasteiger charge is -2.10. The standard InChI is InChI=1S/C12H19N3O3S/c1-15(2)9-3-8-14-12(16)10-4-6-11(7-5-10)19(13,17)18/h4-7H,3,8-9H2,1-2H3,(H,14,16)(H2,13,17,18). The molecule has 7 heteroatoms. The summed E-state index contributed by atoms with van der Waals surface area (Å²) in [4.78, 5) is 13.8. The zero-order valence-electron chi connectivity index (χ0n) is 11.1. The summed E-state index contributed by atoms with van der Waals surface area (Å²) in [5.41, 5.74) is 0.414. The minimum atomic E-state index is -3.71. The Hall–Kier alpha value is -1.44. The summed E-state index contributed by atoms with van der Waals surface area (Å²) >= 11 is 0. The quantitative estimate of drug-likeness (QED) is 0.720. The van der Waals surface area contributed by atoms with Crippen molar-refractivity contribution in [1.29, 1.82) is 0 Å². The maximum atomic E-state index is 11.7. The van der Waals surface area contributed by atoms with Crippen LogP contribution in [0.5, 0.6) is 0 Å². The topological polar surface area (TPSA) is 92.5 Å². The third kappa shape index (κ3) is 5.37. The van der Waals surface area contributed by atoms with E-state index >= 15 is 0 Å². The highest BCUT2D eigenvalue weighted by Gasteiger charge is 2.09. The van der Waals surface area contributed by atoms with Gasteiger partial charge in [-0.25, -0.2) is 13.6 Å². The maximum Gasteiger partial charge on any atom is 0.251 e. The van der Waals surface area contributed by atoms with Gasteiger partial charge in [0.25, 0.3) is 5.91 Å². The number of nitrogens with zero attached hydrogens (tertiary/aromatic N) is 1. The van der Waals surface area contributed by atoms with Crippen LogP contribution in [0.4, 0.5) is 0 Å². The van der Waals surface area contributed by atoms with E-state index in [-0.39, 0.29) is 10.8 Å². The van der Waals surface area contributed by atoms with Gasteiger partial charge in [0.1, 0.15) is 0 Å². The van der Waals surface area contributed by atoms with Gasteiger partial charge in [0.15, 0.2) is 0 Å². The molecule has 19 heavy (non-hydrogen) atoms. The Morgan fingerprint density at radius 1 is 1.26 bits per heavy atom. The number of carbonyl (C=O) groups excluding carboxylic acids is 1. The van der Waals surface area contributed by atoms with Gasteiger partial charge >= 0.3 is 0 Å². The molecule has 0 unspecified atom stereocenters. The second-order valence-electron chi connectivity index (χ2n) is 4.48. The summed E-state index contributed by atoms with van der Waals surface area (Å²) < 4.78 is 22.1. The fraction of sp³-hybridized carbons (Fsp3) is 0.417. The van der Waals surface area contributed by atoms with E-state index < -0.39 is 10.0 Å². The molecule has 0 saturated heterocycles. The number of hydrogen-bond acceptors (Lipinski definition) is 4. The molecule has 3 N–H and O–H groups in total. The molecule has 0 fully saturated rings. The molecular weight excluding hydrogens is 266 g/mol. The summed E-state index contributed by atoms with van der Waals surface area (Å²) in [5.74, 6) is -0.222. The molecule has 0 spiro atoms. The van der Waals surface area contributed by atoms with E-state index in [1.165, 1.54) is 24.3 Å². The Kier molecular flexibility index (Phi) is 5.46. The number of hydrogen-bond donors (Lipinski definition) is 2. The van der Waals surface area contributed by atoms with E-state index in [1.807, 2.05) is 19.0 Å². The normalized spacial score (nSPS) is 11.6. The van der Waals surface area contributed by atoms with Crippen molar-refractivity contribution in [2.45, 2.75) is 11.3 Å². The van der Waals surface area contributed by atoms with Crippen molar-refractivity contribution in [2.75, 3.05) is 27.2 Å². The van der Waals surface area contributed by atoms with E-state index in [0.29, 0.717) is 12.1 Å². The fourth-order valence-corrected chi connectivity index (χ4v) is 2.01. The van der Waals surface area contributed by atoms with Crippen LogP contribution in [0.2, 0.25) is 0 Å². The highest BCUT2D eigenvalue weighted by atomic mass is 32.2. The number of sulfonamides is 1. The first kappa shape index (κ1) is 15.6. The first-order chi connectivity index (χ1) is 8.80. The van der Waals surface area contributed by atoms with Crippen LogP contribution >= 0.6 is 0 Å². The van der Waals surface area contributed by atoms with Crippen LogP contribution in [0.25, 0.3) is 0 Å². The molecule has 6 nitrogen and oxygen atoms in total. The molecule has 0 radical (unpaired) electrons. The molecule has 0 aromatic heterocycles.